The number of aliphatic hydroxyl groups is 1. The molecule has 2 atom stereocenters. The predicted octanol–water partition coefficient (Wildman–Crippen LogP) is 0.985. The summed E-state index contributed by atoms with van der Waals surface area (Å²) >= 11 is 1.54. The lowest BCUT2D eigenvalue weighted by molar-refractivity contribution is -0.137. The third kappa shape index (κ3) is 3.86. The minimum Gasteiger partial charge on any atom is -0.389 e. The van der Waals surface area contributed by atoms with Gasteiger partial charge < -0.3 is 14.7 Å². The molecule has 4 nitrogen and oxygen atoms in total. The molecule has 0 aromatic heterocycles. The van der Waals surface area contributed by atoms with Gasteiger partial charge in [0.25, 0.3) is 0 Å². The van der Waals surface area contributed by atoms with E-state index in [-0.39, 0.29) is 11.8 Å². The summed E-state index contributed by atoms with van der Waals surface area (Å²) in [6, 6.07) is 0. The van der Waals surface area contributed by atoms with Crippen LogP contribution in [0, 0.1) is 5.92 Å². The van der Waals surface area contributed by atoms with Crippen LogP contribution < -0.4 is 0 Å². The van der Waals surface area contributed by atoms with E-state index < -0.39 is 5.60 Å². The molecule has 0 aromatic rings. The van der Waals surface area contributed by atoms with Gasteiger partial charge in [-0.2, -0.15) is 11.8 Å². The van der Waals surface area contributed by atoms with Gasteiger partial charge >= 0.3 is 0 Å². The Hall–Kier alpha value is -0.260. The summed E-state index contributed by atoms with van der Waals surface area (Å²) in [6.07, 6.45) is 3.23. The van der Waals surface area contributed by atoms with Crippen molar-refractivity contribution in [1.29, 1.82) is 0 Å². The monoisotopic (exact) mass is 261 g/mol. The first-order valence-electron chi connectivity index (χ1n) is 6.01. The van der Waals surface area contributed by atoms with Gasteiger partial charge in [0.05, 0.1) is 11.4 Å². The maximum absolute atomic E-state index is 11.8. The molecule has 1 heterocycles. The summed E-state index contributed by atoms with van der Waals surface area (Å²) in [4.78, 5) is 13.6. The van der Waals surface area contributed by atoms with Crippen LogP contribution in [-0.2, 0) is 9.53 Å². The molecule has 17 heavy (non-hydrogen) atoms. The lowest BCUT2D eigenvalue weighted by Crippen LogP contribution is -2.53. The maximum Gasteiger partial charge on any atom is 0.232 e. The average Bonchev–Trinajstić information content (AvgIpc) is 2.31. The van der Waals surface area contributed by atoms with Gasteiger partial charge in [-0.1, -0.05) is 6.92 Å². The van der Waals surface area contributed by atoms with E-state index in [0.29, 0.717) is 38.3 Å². The third-order valence-electron chi connectivity index (χ3n) is 3.59. The number of piperidine rings is 1. The highest BCUT2D eigenvalue weighted by atomic mass is 32.2. The molecule has 0 bridgehead atoms. The molecule has 1 rings (SSSR count). The van der Waals surface area contributed by atoms with Gasteiger partial charge in [0.1, 0.15) is 0 Å². The molecule has 1 N–H and O–H groups in total. The number of amides is 1. The normalized spacial score (nSPS) is 29.4. The lowest BCUT2D eigenvalue weighted by Gasteiger charge is -2.43. The fourth-order valence-corrected chi connectivity index (χ4v) is 2.69. The molecule has 5 heteroatoms. The van der Waals surface area contributed by atoms with E-state index in [4.69, 9.17) is 4.74 Å². The molecule has 2 unspecified atom stereocenters. The Morgan fingerprint density at radius 2 is 2.35 bits per heavy atom. The second kappa shape index (κ2) is 6.61. The first-order valence-corrected chi connectivity index (χ1v) is 7.41. The smallest absolute Gasteiger partial charge is 0.232 e. The second-order valence-corrected chi connectivity index (χ2v) is 5.64. The Morgan fingerprint density at radius 3 is 2.88 bits per heavy atom. The number of methoxy groups -OCH3 is 1. The highest BCUT2D eigenvalue weighted by Crippen LogP contribution is 2.31. The first-order chi connectivity index (χ1) is 8.03. The van der Waals surface area contributed by atoms with Crippen molar-refractivity contribution in [3.05, 3.63) is 0 Å². The van der Waals surface area contributed by atoms with Gasteiger partial charge in [-0.15, -0.1) is 0 Å². The number of carbonyl (C=O) groups excluding carboxylic acids is 1. The van der Waals surface area contributed by atoms with Gasteiger partial charge in [0.2, 0.25) is 5.91 Å². The van der Waals surface area contributed by atoms with Crippen molar-refractivity contribution >= 4 is 17.7 Å². The Labute approximate surface area is 108 Å². The molecule has 1 saturated heterocycles. The molecule has 0 saturated carbocycles. The van der Waals surface area contributed by atoms with Crippen LogP contribution in [-0.4, -0.2) is 60.3 Å². The quantitative estimate of drug-likeness (QED) is 0.801. The largest absolute Gasteiger partial charge is 0.389 e. The van der Waals surface area contributed by atoms with Crippen molar-refractivity contribution in [3.8, 4) is 0 Å². The lowest BCUT2D eigenvalue weighted by atomic mass is 9.80. The Kier molecular flexibility index (Phi) is 5.76. The van der Waals surface area contributed by atoms with Crippen LogP contribution in [0.2, 0.25) is 0 Å². The van der Waals surface area contributed by atoms with Crippen molar-refractivity contribution in [2.45, 2.75) is 25.4 Å². The summed E-state index contributed by atoms with van der Waals surface area (Å²) in [5, 5.41) is 10.5. The fraction of sp³-hybridized carbons (Fsp3) is 0.917. The highest BCUT2D eigenvalue weighted by Gasteiger charge is 2.39. The Balaban J connectivity index is 2.51. The van der Waals surface area contributed by atoms with Crippen LogP contribution in [0.15, 0.2) is 0 Å². The summed E-state index contributed by atoms with van der Waals surface area (Å²) in [6.45, 7) is 3.89. The van der Waals surface area contributed by atoms with Crippen molar-refractivity contribution in [1.82, 2.24) is 4.90 Å². The fourth-order valence-electron chi connectivity index (χ4n) is 2.26. The SMILES string of the molecule is COCCC1(O)CCN(C(=O)CSC)CC1C. The van der Waals surface area contributed by atoms with Crippen LogP contribution >= 0.6 is 11.8 Å². The highest BCUT2D eigenvalue weighted by molar-refractivity contribution is 7.99. The third-order valence-corrected chi connectivity index (χ3v) is 4.12. The summed E-state index contributed by atoms with van der Waals surface area (Å²) < 4.78 is 5.03. The number of likely N-dealkylation sites (tertiary alicyclic amines) is 1. The van der Waals surface area contributed by atoms with E-state index in [1.54, 1.807) is 18.9 Å². The van der Waals surface area contributed by atoms with Crippen molar-refractivity contribution in [2.24, 2.45) is 5.92 Å². The Bertz CT molecular complexity index is 262. The zero-order chi connectivity index (χ0) is 12.9. The minimum atomic E-state index is -0.674. The molecule has 0 aromatic carbocycles. The molecule has 1 amide bonds. The molecule has 1 aliphatic rings. The molecule has 1 aliphatic heterocycles. The second-order valence-electron chi connectivity index (χ2n) is 4.77. The molecule has 1 fully saturated rings. The summed E-state index contributed by atoms with van der Waals surface area (Å²) in [7, 11) is 1.64. The zero-order valence-electron chi connectivity index (χ0n) is 10.9. The molecule has 0 radical (unpaired) electrons. The number of nitrogens with zero attached hydrogens (tertiary/aromatic N) is 1. The van der Waals surface area contributed by atoms with E-state index in [0.717, 1.165) is 0 Å². The maximum atomic E-state index is 11.8. The van der Waals surface area contributed by atoms with Gasteiger partial charge in [-0.3, -0.25) is 4.79 Å². The average molecular weight is 261 g/mol. The van der Waals surface area contributed by atoms with Crippen LogP contribution in [0.25, 0.3) is 0 Å². The zero-order valence-corrected chi connectivity index (χ0v) is 11.8. The van der Waals surface area contributed by atoms with Crippen LogP contribution in [0.4, 0.5) is 0 Å². The topological polar surface area (TPSA) is 49.8 Å². The van der Waals surface area contributed by atoms with Crippen LogP contribution in [0.5, 0.6) is 0 Å². The van der Waals surface area contributed by atoms with Gasteiger partial charge in [0.15, 0.2) is 0 Å². The molecule has 0 aliphatic carbocycles. The van der Waals surface area contributed by atoms with E-state index in [2.05, 4.69) is 0 Å². The number of ether oxygens (including phenoxy) is 1. The van der Waals surface area contributed by atoms with E-state index in [9.17, 15) is 9.90 Å². The number of hydrogen-bond donors (Lipinski definition) is 1. The number of thioether (sulfide) groups is 1. The van der Waals surface area contributed by atoms with Crippen LogP contribution in [0.3, 0.4) is 0 Å². The molecular formula is C12H23NO3S. The van der Waals surface area contributed by atoms with Crippen molar-refractivity contribution < 1.29 is 14.6 Å². The predicted molar refractivity (Wildman–Crippen MR) is 70.2 cm³/mol. The minimum absolute atomic E-state index is 0.109. The summed E-state index contributed by atoms with van der Waals surface area (Å²) in [5.41, 5.74) is -0.674. The Morgan fingerprint density at radius 1 is 1.65 bits per heavy atom. The first kappa shape index (κ1) is 14.8. The van der Waals surface area contributed by atoms with E-state index in [1.165, 1.54) is 0 Å². The summed E-state index contributed by atoms with van der Waals surface area (Å²) in [5.74, 6) is 0.818. The van der Waals surface area contributed by atoms with Crippen molar-refractivity contribution in [2.75, 3.05) is 38.8 Å². The number of rotatable bonds is 5. The van der Waals surface area contributed by atoms with Crippen molar-refractivity contribution in [3.63, 3.8) is 0 Å². The molecule has 100 valence electrons. The number of carbonyl (C=O) groups is 1. The van der Waals surface area contributed by atoms with Gasteiger partial charge in [-0.25, -0.2) is 0 Å². The molecular weight excluding hydrogens is 238 g/mol. The molecule has 0 spiro atoms. The van der Waals surface area contributed by atoms with E-state index in [1.807, 2.05) is 18.1 Å². The van der Waals surface area contributed by atoms with Gasteiger partial charge in [0, 0.05) is 32.7 Å². The number of hydrogen-bond acceptors (Lipinski definition) is 4. The standard InChI is InChI=1S/C12H23NO3S/c1-10-8-13(11(14)9-17-3)6-4-12(10,15)5-7-16-2/h10,15H,4-9H2,1-3H3. The van der Waals surface area contributed by atoms with E-state index >= 15 is 0 Å². The van der Waals surface area contributed by atoms with Crippen LogP contribution in [0.1, 0.15) is 19.8 Å². The van der Waals surface area contributed by atoms with Gasteiger partial charge in [-0.05, 0) is 19.1 Å².